The molecule has 0 atom stereocenters. The molecule has 5 heteroatoms. The third-order valence-electron chi connectivity index (χ3n) is 4.31. The summed E-state index contributed by atoms with van der Waals surface area (Å²) in [5.41, 5.74) is 2.82. The van der Waals surface area contributed by atoms with Gasteiger partial charge >= 0.3 is 5.97 Å². The molecule has 3 aromatic carbocycles. The normalized spacial score (nSPS) is 10.2. The van der Waals surface area contributed by atoms with E-state index >= 15 is 0 Å². The molecule has 0 saturated carbocycles. The Hall–Kier alpha value is -3.60. The number of amides is 1. The summed E-state index contributed by atoms with van der Waals surface area (Å²) in [6.45, 7) is 0.514. The number of benzene rings is 3. The molecule has 0 heterocycles. The third kappa shape index (κ3) is 4.76. The molecule has 0 radical (unpaired) electrons. The molecule has 0 aromatic heterocycles. The molecule has 1 amide bonds. The molecule has 0 aliphatic carbocycles. The number of esters is 1. The molecule has 0 fully saturated rings. The maximum atomic E-state index is 13.0. The largest absolute Gasteiger partial charge is 0.465 e. The maximum Gasteiger partial charge on any atom is 0.339 e. The standard InChI is InChI=1S/C23H22N2O3/c1-28-23(27)20-14-8-9-15-21(20)24-16-22(26)25(19-12-6-3-7-13-19)17-18-10-4-2-5-11-18/h2-15,24H,16-17H2,1H3. The Kier molecular flexibility index (Phi) is 6.41. The predicted molar refractivity (Wildman–Crippen MR) is 110 cm³/mol. The highest BCUT2D eigenvalue weighted by atomic mass is 16.5. The van der Waals surface area contributed by atoms with Crippen LogP contribution in [-0.2, 0) is 16.1 Å². The van der Waals surface area contributed by atoms with Crippen LogP contribution in [0.1, 0.15) is 15.9 Å². The first-order valence-electron chi connectivity index (χ1n) is 8.99. The van der Waals surface area contributed by atoms with Gasteiger partial charge in [0.05, 0.1) is 25.8 Å². The van der Waals surface area contributed by atoms with Crippen LogP contribution in [-0.4, -0.2) is 25.5 Å². The van der Waals surface area contributed by atoms with Crippen molar-refractivity contribution in [3.8, 4) is 0 Å². The average molecular weight is 374 g/mol. The zero-order valence-corrected chi connectivity index (χ0v) is 15.7. The van der Waals surface area contributed by atoms with Crippen molar-refractivity contribution in [1.29, 1.82) is 0 Å². The molecule has 0 unspecified atom stereocenters. The monoisotopic (exact) mass is 374 g/mol. The van der Waals surface area contributed by atoms with E-state index in [1.54, 1.807) is 29.2 Å². The summed E-state index contributed by atoms with van der Waals surface area (Å²) in [5.74, 6) is -0.547. The average Bonchev–Trinajstić information content (AvgIpc) is 2.76. The summed E-state index contributed by atoms with van der Waals surface area (Å²) in [4.78, 5) is 26.7. The van der Waals surface area contributed by atoms with Crippen molar-refractivity contribution in [2.75, 3.05) is 23.9 Å². The number of nitrogens with zero attached hydrogens (tertiary/aromatic N) is 1. The molecule has 0 spiro atoms. The first-order valence-corrected chi connectivity index (χ1v) is 8.99. The fourth-order valence-electron chi connectivity index (χ4n) is 2.89. The Morgan fingerprint density at radius 1 is 0.857 bits per heavy atom. The molecule has 0 aliphatic heterocycles. The van der Waals surface area contributed by atoms with Gasteiger partial charge in [0.1, 0.15) is 0 Å². The molecule has 0 bridgehead atoms. The predicted octanol–water partition coefficient (Wildman–Crippen LogP) is 4.12. The van der Waals surface area contributed by atoms with Gasteiger partial charge in [-0.2, -0.15) is 0 Å². The van der Waals surface area contributed by atoms with Crippen molar-refractivity contribution in [3.63, 3.8) is 0 Å². The van der Waals surface area contributed by atoms with Crippen LogP contribution >= 0.6 is 0 Å². The quantitative estimate of drug-likeness (QED) is 0.632. The fraction of sp³-hybridized carbons (Fsp3) is 0.130. The number of para-hydroxylation sites is 2. The van der Waals surface area contributed by atoms with Crippen LogP contribution in [0.25, 0.3) is 0 Å². The van der Waals surface area contributed by atoms with Gasteiger partial charge in [0, 0.05) is 11.4 Å². The molecular formula is C23H22N2O3. The number of hydrogen-bond acceptors (Lipinski definition) is 4. The lowest BCUT2D eigenvalue weighted by molar-refractivity contribution is -0.117. The number of hydrogen-bond donors (Lipinski definition) is 1. The molecule has 1 N–H and O–H groups in total. The fourth-order valence-corrected chi connectivity index (χ4v) is 2.89. The maximum absolute atomic E-state index is 13.0. The number of carbonyl (C=O) groups is 2. The lowest BCUT2D eigenvalue weighted by atomic mass is 10.1. The number of anilines is 2. The van der Waals surface area contributed by atoms with Crippen molar-refractivity contribution in [3.05, 3.63) is 96.1 Å². The number of carbonyl (C=O) groups excluding carboxylic acids is 2. The van der Waals surface area contributed by atoms with Crippen LogP contribution in [0.3, 0.4) is 0 Å². The molecule has 0 aliphatic rings. The van der Waals surface area contributed by atoms with Crippen LogP contribution in [0.5, 0.6) is 0 Å². The first kappa shape index (κ1) is 19.2. The molecule has 3 rings (SSSR count). The molecule has 0 saturated heterocycles. The lowest BCUT2D eigenvalue weighted by Crippen LogP contribution is -2.35. The summed E-state index contributed by atoms with van der Waals surface area (Å²) < 4.78 is 4.81. The highest BCUT2D eigenvalue weighted by Gasteiger charge is 2.17. The van der Waals surface area contributed by atoms with E-state index in [2.05, 4.69) is 5.32 Å². The highest BCUT2D eigenvalue weighted by Crippen LogP contribution is 2.19. The molecule has 142 valence electrons. The van der Waals surface area contributed by atoms with Crippen molar-refractivity contribution >= 4 is 23.3 Å². The lowest BCUT2D eigenvalue weighted by Gasteiger charge is -2.24. The van der Waals surface area contributed by atoms with Crippen molar-refractivity contribution in [2.24, 2.45) is 0 Å². The van der Waals surface area contributed by atoms with Crippen LogP contribution in [0.2, 0.25) is 0 Å². The molecule has 3 aromatic rings. The minimum absolute atomic E-state index is 0.0513. The molecule has 5 nitrogen and oxygen atoms in total. The summed E-state index contributed by atoms with van der Waals surface area (Å²) in [6.07, 6.45) is 0. The van der Waals surface area contributed by atoms with Gasteiger partial charge in [-0.25, -0.2) is 4.79 Å². The van der Waals surface area contributed by atoms with E-state index in [1.807, 2.05) is 60.7 Å². The third-order valence-corrected chi connectivity index (χ3v) is 4.31. The Morgan fingerprint density at radius 3 is 2.14 bits per heavy atom. The van der Waals surface area contributed by atoms with E-state index in [0.717, 1.165) is 11.3 Å². The van der Waals surface area contributed by atoms with E-state index in [9.17, 15) is 9.59 Å². The Balaban J connectivity index is 1.78. The summed E-state index contributed by atoms with van der Waals surface area (Å²) >= 11 is 0. The highest BCUT2D eigenvalue weighted by molar-refractivity contribution is 5.99. The molecular weight excluding hydrogens is 352 g/mol. The second kappa shape index (κ2) is 9.37. The van der Waals surface area contributed by atoms with Crippen LogP contribution in [0.4, 0.5) is 11.4 Å². The Bertz CT molecular complexity index is 927. The topological polar surface area (TPSA) is 58.6 Å². The van der Waals surface area contributed by atoms with Crippen molar-refractivity contribution in [1.82, 2.24) is 0 Å². The smallest absolute Gasteiger partial charge is 0.339 e. The van der Waals surface area contributed by atoms with Gasteiger partial charge in [-0.1, -0.05) is 60.7 Å². The minimum atomic E-state index is -0.445. The van der Waals surface area contributed by atoms with E-state index < -0.39 is 5.97 Å². The van der Waals surface area contributed by atoms with Gasteiger partial charge in [-0.3, -0.25) is 4.79 Å². The zero-order chi connectivity index (χ0) is 19.8. The minimum Gasteiger partial charge on any atom is -0.465 e. The second-order valence-corrected chi connectivity index (χ2v) is 6.19. The summed E-state index contributed by atoms with van der Waals surface area (Å²) in [6, 6.07) is 26.3. The number of nitrogens with one attached hydrogen (secondary N) is 1. The van der Waals surface area contributed by atoms with E-state index in [4.69, 9.17) is 4.74 Å². The summed E-state index contributed by atoms with van der Waals surface area (Å²) in [7, 11) is 1.33. The van der Waals surface area contributed by atoms with Crippen molar-refractivity contribution in [2.45, 2.75) is 6.54 Å². The number of ether oxygens (including phenoxy) is 1. The SMILES string of the molecule is COC(=O)c1ccccc1NCC(=O)N(Cc1ccccc1)c1ccccc1. The van der Waals surface area contributed by atoms with Crippen molar-refractivity contribution < 1.29 is 14.3 Å². The van der Waals surface area contributed by atoms with Gasteiger partial charge in [-0.05, 0) is 29.8 Å². The molecule has 28 heavy (non-hydrogen) atoms. The summed E-state index contributed by atoms with van der Waals surface area (Å²) in [5, 5.41) is 3.07. The van der Waals surface area contributed by atoms with Gasteiger partial charge in [0.15, 0.2) is 0 Å². The van der Waals surface area contributed by atoms with Gasteiger partial charge in [-0.15, -0.1) is 0 Å². The van der Waals surface area contributed by atoms with Crippen LogP contribution in [0, 0.1) is 0 Å². The van der Waals surface area contributed by atoms with E-state index in [-0.39, 0.29) is 12.5 Å². The second-order valence-electron chi connectivity index (χ2n) is 6.19. The number of methoxy groups -OCH3 is 1. The van der Waals surface area contributed by atoms with E-state index in [0.29, 0.717) is 17.8 Å². The Morgan fingerprint density at radius 2 is 1.46 bits per heavy atom. The number of rotatable bonds is 7. The van der Waals surface area contributed by atoms with Crippen LogP contribution < -0.4 is 10.2 Å². The van der Waals surface area contributed by atoms with Gasteiger partial charge in [0.25, 0.3) is 0 Å². The Labute approximate surface area is 164 Å². The van der Waals surface area contributed by atoms with Crippen LogP contribution in [0.15, 0.2) is 84.9 Å². The van der Waals surface area contributed by atoms with E-state index in [1.165, 1.54) is 7.11 Å². The zero-order valence-electron chi connectivity index (χ0n) is 15.7. The first-order chi connectivity index (χ1) is 13.7. The van der Waals surface area contributed by atoms with Gasteiger partial charge < -0.3 is 15.0 Å². The van der Waals surface area contributed by atoms with Gasteiger partial charge in [0.2, 0.25) is 5.91 Å².